The molecule has 1 aliphatic carbocycles. The van der Waals surface area contributed by atoms with Gasteiger partial charge in [0.05, 0.1) is 0 Å². The molecule has 0 unspecified atom stereocenters. The van der Waals surface area contributed by atoms with Gasteiger partial charge in [0.15, 0.2) is 0 Å². The van der Waals surface area contributed by atoms with E-state index in [1.54, 1.807) is 11.3 Å². The van der Waals surface area contributed by atoms with Crippen molar-refractivity contribution in [3.8, 4) is 10.4 Å². The molecular weight excluding hydrogens is 394 g/mol. The summed E-state index contributed by atoms with van der Waals surface area (Å²) in [6.07, 6.45) is 5.32. The molecule has 1 heterocycles. The lowest BCUT2D eigenvalue weighted by atomic mass is 9.95. The van der Waals surface area contributed by atoms with Crippen molar-refractivity contribution in [3.63, 3.8) is 0 Å². The number of thiophene rings is 1. The van der Waals surface area contributed by atoms with E-state index >= 15 is 0 Å². The number of hydrogen-bond acceptors (Lipinski definition) is 5. The minimum atomic E-state index is -0.0945. The van der Waals surface area contributed by atoms with E-state index in [0.29, 0.717) is 23.6 Å². The zero-order chi connectivity index (χ0) is 20.6. The number of Topliss-reactive ketones (excluding diaryl/α,β-unsaturated/α-hetero) is 1. The zero-order valence-electron chi connectivity index (χ0n) is 16.8. The molecule has 0 atom stereocenters. The molecule has 30 heavy (non-hydrogen) atoms. The Morgan fingerprint density at radius 1 is 0.967 bits per heavy atom. The Hall–Kier alpha value is -2.76. The third-order valence-electron chi connectivity index (χ3n) is 5.44. The molecule has 0 aliphatic heterocycles. The van der Waals surface area contributed by atoms with Gasteiger partial charge in [-0.25, -0.2) is 4.99 Å². The van der Waals surface area contributed by atoms with E-state index in [-0.39, 0.29) is 12.4 Å². The van der Waals surface area contributed by atoms with E-state index in [1.807, 2.05) is 66.0 Å². The van der Waals surface area contributed by atoms with Crippen molar-refractivity contribution in [2.45, 2.75) is 38.7 Å². The normalized spacial score (nSPS) is 14.7. The molecule has 0 amide bonds. The third kappa shape index (κ3) is 5.43. The third-order valence-corrected chi connectivity index (χ3v) is 6.36. The maximum atomic E-state index is 13.1. The van der Waals surface area contributed by atoms with Crippen LogP contribution in [0.1, 0.15) is 48.0 Å². The molecule has 1 fully saturated rings. The summed E-state index contributed by atoms with van der Waals surface area (Å²) in [5, 5.41) is 6.15. The van der Waals surface area contributed by atoms with E-state index in [0.717, 1.165) is 24.0 Å². The van der Waals surface area contributed by atoms with E-state index in [2.05, 4.69) is 11.2 Å². The minimum absolute atomic E-state index is 0.0945. The molecule has 1 aromatic heterocycles. The first-order valence-corrected chi connectivity index (χ1v) is 11.3. The fourth-order valence-electron chi connectivity index (χ4n) is 3.79. The van der Waals surface area contributed by atoms with Crippen LogP contribution in [0.4, 0.5) is 0 Å². The Balaban J connectivity index is 1.44. The van der Waals surface area contributed by atoms with Crippen molar-refractivity contribution in [2.75, 3.05) is 0 Å². The molecule has 5 heteroatoms. The van der Waals surface area contributed by atoms with Gasteiger partial charge in [-0.2, -0.15) is 4.89 Å². The van der Waals surface area contributed by atoms with Crippen LogP contribution in [0.5, 0.6) is 0 Å². The van der Waals surface area contributed by atoms with Crippen molar-refractivity contribution in [1.82, 2.24) is 0 Å². The first-order chi connectivity index (χ1) is 14.8. The molecule has 3 aromatic rings. The second-order valence-electron chi connectivity index (χ2n) is 7.60. The highest BCUT2D eigenvalue weighted by Gasteiger charge is 2.23. The van der Waals surface area contributed by atoms with Crippen LogP contribution in [0.2, 0.25) is 0 Å². The van der Waals surface area contributed by atoms with Gasteiger partial charge in [0.2, 0.25) is 5.78 Å². The number of oxime groups is 1. The maximum absolute atomic E-state index is 13.1. The lowest BCUT2D eigenvalue weighted by Crippen LogP contribution is -2.18. The summed E-state index contributed by atoms with van der Waals surface area (Å²) in [5.74, 6) is 0.388. The largest absolute Gasteiger partial charge is 0.287 e. The Morgan fingerprint density at radius 2 is 1.73 bits per heavy atom. The predicted molar refractivity (Wildman–Crippen MR) is 120 cm³/mol. The number of benzene rings is 2. The van der Waals surface area contributed by atoms with Gasteiger partial charge < -0.3 is 0 Å². The molecule has 0 saturated heterocycles. The fourth-order valence-corrected chi connectivity index (χ4v) is 4.53. The Bertz CT molecular complexity index is 959. The topological polar surface area (TPSA) is 47.9 Å². The van der Waals surface area contributed by atoms with E-state index < -0.39 is 0 Å². The number of ketones is 1. The molecule has 0 bridgehead atoms. The van der Waals surface area contributed by atoms with Crippen LogP contribution >= 0.6 is 11.3 Å². The van der Waals surface area contributed by atoms with Gasteiger partial charge in [0.1, 0.15) is 12.3 Å². The second-order valence-corrected chi connectivity index (χ2v) is 8.55. The van der Waals surface area contributed by atoms with Crippen LogP contribution in [0.3, 0.4) is 0 Å². The van der Waals surface area contributed by atoms with E-state index in [9.17, 15) is 4.79 Å². The number of hydrogen-bond donors (Lipinski definition) is 0. The predicted octanol–water partition coefficient (Wildman–Crippen LogP) is 6.68. The lowest BCUT2D eigenvalue weighted by Gasteiger charge is -2.11. The van der Waals surface area contributed by atoms with Crippen molar-refractivity contribution < 1.29 is 14.7 Å². The highest BCUT2D eigenvalue weighted by molar-refractivity contribution is 7.13. The average molecular weight is 420 g/mol. The van der Waals surface area contributed by atoms with Crippen LogP contribution in [-0.2, 0) is 16.5 Å². The highest BCUT2D eigenvalue weighted by atomic mass is 32.1. The SMILES string of the molecule is O=C(C(CC1CCCC1)=NOOCc1ccccc1)c1ccc(-c2cccs2)cc1. The van der Waals surface area contributed by atoms with Gasteiger partial charge in [-0.1, -0.05) is 86.3 Å². The standard InChI is InChI=1S/C25H25NO3S/c27-25(22-14-12-21(13-15-22)24-11-6-16-30-24)23(17-19-7-4-5-8-19)26-29-28-18-20-9-2-1-3-10-20/h1-3,6,9-16,19H,4-5,7-8,17-18H2. The molecule has 2 aromatic carbocycles. The van der Waals surface area contributed by atoms with Crippen molar-refractivity contribution >= 4 is 22.8 Å². The summed E-state index contributed by atoms with van der Waals surface area (Å²) in [6, 6.07) is 21.5. The Labute approximate surface area is 181 Å². The number of carbonyl (C=O) groups is 1. The quantitative estimate of drug-likeness (QED) is 0.128. The molecule has 1 saturated carbocycles. The van der Waals surface area contributed by atoms with Gasteiger partial charge in [-0.3, -0.25) is 4.79 Å². The fraction of sp³-hybridized carbons (Fsp3) is 0.280. The summed E-state index contributed by atoms with van der Waals surface area (Å²) in [7, 11) is 0. The zero-order valence-corrected chi connectivity index (χ0v) is 17.6. The maximum Gasteiger partial charge on any atom is 0.210 e. The smallest absolute Gasteiger partial charge is 0.210 e. The number of rotatable bonds is 9. The molecule has 0 N–H and O–H groups in total. The molecule has 4 nitrogen and oxygen atoms in total. The lowest BCUT2D eigenvalue weighted by molar-refractivity contribution is -0.305. The highest BCUT2D eigenvalue weighted by Crippen LogP contribution is 2.29. The summed E-state index contributed by atoms with van der Waals surface area (Å²) in [6.45, 7) is 0.282. The molecule has 0 spiro atoms. The van der Waals surface area contributed by atoms with E-state index in [1.165, 1.54) is 17.7 Å². The van der Waals surface area contributed by atoms with Gasteiger partial charge in [0.25, 0.3) is 0 Å². The molecule has 154 valence electrons. The number of nitrogens with zero attached hydrogens (tertiary/aromatic N) is 1. The van der Waals surface area contributed by atoms with Crippen LogP contribution in [0.25, 0.3) is 10.4 Å². The molecule has 4 rings (SSSR count). The summed E-state index contributed by atoms with van der Waals surface area (Å²) in [5.41, 5.74) is 3.15. The van der Waals surface area contributed by atoms with Crippen molar-refractivity contribution in [1.29, 1.82) is 0 Å². The Morgan fingerprint density at radius 3 is 2.43 bits per heavy atom. The van der Waals surface area contributed by atoms with Crippen molar-refractivity contribution in [2.24, 2.45) is 11.1 Å². The minimum Gasteiger partial charge on any atom is -0.287 e. The first kappa shape index (κ1) is 20.5. The molecular formula is C25H25NO3S. The average Bonchev–Trinajstić information content (AvgIpc) is 3.51. The summed E-state index contributed by atoms with van der Waals surface area (Å²) < 4.78 is 0. The van der Waals surface area contributed by atoms with Crippen LogP contribution < -0.4 is 0 Å². The van der Waals surface area contributed by atoms with Gasteiger partial charge in [0, 0.05) is 10.4 Å². The molecule has 1 aliphatic rings. The van der Waals surface area contributed by atoms with Crippen molar-refractivity contribution in [3.05, 3.63) is 83.2 Å². The van der Waals surface area contributed by atoms with Crippen LogP contribution in [0, 0.1) is 5.92 Å². The summed E-state index contributed by atoms with van der Waals surface area (Å²) in [4.78, 5) is 24.7. The molecule has 0 radical (unpaired) electrons. The number of carbonyl (C=O) groups excluding carboxylic acids is 1. The van der Waals surface area contributed by atoms with Crippen LogP contribution in [-0.4, -0.2) is 11.5 Å². The summed E-state index contributed by atoms with van der Waals surface area (Å²) >= 11 is 1.68. The van der Waals surface area contributed by atoms with Gasteiger partial charge >= 0.3 is 0 Å². The van der Waals surface area contributed by atoms with Gasteiger partial charge in [-0.05, 0) is 40.1 Å². The van der Waals surface area contributed by atoms with E-state index in [4.69, 9.17) is 9.88 Å². The van der Waals surface area contributed by atoms with Gasteiger partial charge in [-0.15, -0.1) is 11.3 Å². The Kier molecular flexibility index (Phi) is 7.06. The monoisotopic (exact) mass is 419 g/mol. The first-order valence-electron chi connectivity index (χ1n) is 10.4. The second kappa shape index (κ2) is 10.3. The van der Waals surface area contributed by atoms with Crippen LogP contribution in [0.15, 0.2) is 77.3 Å².